The zero-order chi connectivity index (χ0) is 14.8. The van der Waals surface area contributed by atoms with Gasteiger partial charge in [-0.25, -0.2) is 0 Å². The summed E-state index contributed by atoms with van der Waals surface area (Å²) in [5, 5.41) is 10.3. The Hall–Kier alpha value is -1.77. The molecule has 1 N–H and O–H groups in total. The largest absolute Gasteiger partial charge is 0.481 e. The van der Waals surface area contributed by atoms with Crippen molar-refractivity contribution in [3.8, 4) is 0 Å². The molecule has 1 aromatic carbocycles. The van der Waals surface area contributed by atoms with Gasteiger partial charge in [0.25, 0.3) is 0 Å². The summed E-state index contributed by atoms with van der Waals surface area (Å²) in [6.07, 6.45) is 8.19. The summed E-state index contributed by atoms with van der Waals surface area (Å²) >= 11 is 0. The predicted octanol–water partition coefficient (Wildman–Crippen LogP) is 4.09. The Morgan fingerprint density at radius 2 is 2.10 bits per heavy atom. The van der Waals surface area contributed by atoms with Gasteiger partial charge in [-0.3, -0.25) is 4.79 Å². The number of aromatic nitrogens is 1. The molecule has 0 bridgehead atoms. The van der Waals surface area contributed by atoms with Gasteiger partial charge in [0.1, 0.15) is 0 Å². The number of benzene rings is 1. The average molecular weight is 285 g/mol. The maximum Gasteiger partial charge on any atom is 0.306 e. The van der Waals surface area contributed by atoms with E-state index in [0.717, 1.165) is 18.0 Å². The van der Waals surface area contributed by atoms with E-state index >= 15 is 0 Å². The average Bonchev–Trinajstić information content (AvgIpc) is 3.09. The number of nitrogens with zero attached hydrogens (tertiary/aromatic N) is 1. The van der Waals surface area contributed by atoms with Gasteiger partial charge in [0.2, 0.25) is 0 Å². The van der Waals surface area contributed by atoms with Crippen LogP contribution in [0.15, 0.2) is 30.5 Å². The second-order valence-corrected chi connectivity index (χ2v) is 6.46. The summed E-state index contributed by atoms with van der Waals surface area (Å²) < 4.78 is 2.35. The lowest BCUT2D eigenvalue weighted by molar-refractivity contribution is -0.141. The normalized spacial score (nSPS) is 17.4. The quantitative estimate of drug-likeness (QED) is 0.899. The van der Waals surface area contributed by atoms with Crippen molar-refractivity contribution >= 4 is 16.9 Å². The molecule has 0 saturated heterocycles. The van der Waals surface area contributed by atoms with Crippen molar-refractivity contribution in [1.82, 2.24) is 4.57 Å². The third-order valence-corrected chi connectivity index (χ3v) is 4.73. The number of carbonyl (C=O) groups is 1. The number of hydrogen-bond donors (Lipinski definition) is 1. The summed E-state index contributed by atoms with van der Waals surface area (Å²) in [4.78, 5) is 11.0. The van der Waals surface area contributed by atoms with E-state index in [1.165, 1.54) is 36.6 Å². The zero-order valence-corrected chi connectivity index (χ0v) is 12.6. The van der Waals surface area contributed by atoms with Crippen molar-refractivity contribution in [2.75, 3.05) is 0 Å². The minimum atomic E-state index is -0.726. The summed E-state index contributed by atoms with van der Waals surface area (Å²) in [6, 6.07) is 8.50. The van der Waals surface area contributed by atoms with E-state index in [1.54, 1.807) is 6.92 Å². The smallest absolute Gasteiger partial charge is 0.306 e. The Morgan fingerprint density at radius 1 is 1.33 bits per heavy atom. The van der Waals surface area contributed by atoms with Crippen molar-refractivity contribution in [2.24, 2.45) is 11.8 Å². The molecule has 3 nitrogen and oxygen atoms in total. The summed E-state index contributed by atoms with van der Waals surface area (Å²) in [5.41, 5.74) is 2.36. The van der Waals surface area contributed by atoms with Gasteiger partial charge >= 0.3 is 5.97 Å². The number of carboxylic acids is 1. The van der Waals surface area contributed by atoms with Gasteiger partial charge < -0.3 is 9.67 Å². The van der Waals surface area contributed by atoms with E-state index in [9.17, 15) is 4.79 Å². The van der Waals surface area contributed by atoms with E-state index in [1.807, 2.05) is 0 Å². The Bertz CT molecular complexity index is 638. The molecule has 1 aliphatic carbocycles. The Morgan fingerprint density at radius 3 is 2.81 bits per heavy atom. The fourth-order valence-corrected chi connectivity index (χ4v) is 3.43. The fraction of sp³-hybridized carbons (Fsp3) is 0.500. The van der Waals surface area contributed by atoms with E-state index < -0.39 is 5.97 Å². The maximum absolute atomic E-state index is 11.0. The molecule has 1 atom stereocenters. The van der Waals surface area contributed by atoms with Crippen LogP contribution in [0.25, 0.3) is 10.9 Å². The molecule has 1 saturated carbocycles. The van der Waals surface area contributed by atoms with Crippen LogP contribution in [0.1, 0.15) is 38.2 Å². The topological polar surface area (TPSA) is 42.2 Å². The second-order valence-electron chi connectivity index (χ2n) is 6.46. The first-order valence-electron chi connectivity index (χ1n) is 7.94. The molecule has 0 spiro atoms. The van der Waals surface area contributed by atoms with Gasteiger partial charge in [-0.05, 0) is 48.3 Å². The molecule has 1 aromatic heterocycles. The Labute approximate surface area is 125 Å². The molecule has 2 aromatic rings. The van der Waals surface area contributed by atoms with Crippen LogP contribution in [0.5, 0.6) is 0 Å². The van der Waals surface area contributed by atoms with Crippen LogP contribution in [0, 0.1) is 11.8 Å². The van der Waals surface area contributed by atoms with Crippen molar-refractivity contribution < 1.29 is 9.90 Å². The number of fused-ring (bicyclic) bond motifs is 1. The highest BCUT2D eigenvalue weighted by atomic mass is 16.4. The lowest BCUT2D eigenvalue weighted by atomic mass is 10.0. The van der Waals surface area contributed by atoms with Crippen LogP contribution >= 0.6 is 0 Å². The highest BCUT2D eigenvalue weighted by molar-refractivity contribution is 5.81. The van der Waals surface area contributed by atoms with Crippen LogP contribution in [0.2, 0.25) is 0 Å². The highest BCUT2D eigenvalue weighted by Gasteiger charge is 2.17. The zero-order valence-electron chi connectivity index (χ0n) is 12.6. The molecule has 3 rings (SSSR count). The predicted molar refractivity (Wildman–Crippen MR) is 84.4 cm³/mol. The molecule has 112 valence electrons. The third kappa shape index (κ3) is 3.12. The number of carboxylic acid groups (broad SMARTS) is 1. The summed E-state index contributed by atoms with van der Waals surface area (Å²) in [5.74, 6) is -0.251. The molecule has 3 heteroatoms. The first kappa shape index (κ1) is 14.2. The molecule has 0 aliphatic heterocycles. The van der Waals surface area contributed by atoms with Gasteiger partial charge in [0, 0.05) is 18.3 Å². The molecule has 1 unspecified atom stereocenters. The SMILES string of the molecule is CC(Cc1ccc2ccn(CC3CCCC3)c2c1)C(=O)O. The van der Waals surface area contributed by atoms with Gasteiger partial charge in [-0.15, -0.1) is 0 Å². The molecule has 1 heterocycles. The fourth-order valence-electron chi connectivity index (χ4n) is 3.43. The van der Waals surface area contributed by atoms with E-state index in [0.29, 0.717) is 6.42 Å². The highest BCUT2D eigenvalue weighted by Crippen LogP contribution is 2.28. The van der Waals surface area contributed by atoms with E-state index in [4.69, 9.17) is 5.11 Å². The lowest BCUT2D eigenvalue weighted by Crippen LogP contribution is -2.12. The van der Waals surface area contributed by atoms with Crippen LogP contribution in [0.3, 0.4) is 0 Å². The maximum atomic E-state index is 11.0. The van der Waals surface area contributed by atoms with Gasteiger partial charge in [0.15, 0.2) is 0 Å². The molecule has 0 amide bonds. The Kier molecular flexibility index (Phi) is 4.00. The van der Waals surface area contributed by atoms with Crippen molar-refractivity contribution in [1.29, 1.82) is 0 Å². The molecule has 1 fully saturated rings. The van der Waals surface area contributed by atoms with Crippen molar-refractivity contribution in [3.05, 3.63) is 36.0 Å². The number of hydrogen-bond acceptors (Lipinski definition) is 1. The van der Waals surface area contributed by atoms with E-state index in [2.05, 4.69) is 35.0 Å². The first-order chi connectivity index (χ1) is 10.1. The first-order valence-corrected chi connectivity index (χ1v) is 7.94. The van der Waals surface area contributed by atoms with Crippen molar-refractivity contribution in [2.45, 2.75) is 45.6 Å². The standard InChI is InChI=1S/C18H23NO2/c1-13(18(20)21)10-15-6-7-16-8-9-19(17(16)11-15)12-14-4-2-3-5-14/h6-9,11,13-14H,2-5,10,12H2,1H3,(H,20,21). The minimum absolute atomic E-state index is 0.333. The van der Waals surface area contributed by atoms with Crippen LogP contribution in [-0.2, 0) is 17.8 Å². The Balaban J connectivity index is 1.83. The second kappa shape index (κ2) is 5.92. The summed E-state index contributed by atoms with van der Waals surface area (Å²) in [6.45, 7) is 2.87. The van der Waals surface area contributed by atoms with Crippen molar-refractivity contribution in [3.63, 3.8) is 0 Å². The third-order valence-electron chi connectivity index (χ3n) is 4.73. The minimum Gasteiger partial charge on any atom is -0.481 e. The molecular weight excluding hydrogens is 262 g/mol. The molecule has 1 aliphatic rings. The molecule has 21 heavy (non-hydrogen) atoms. The number of rotatable bonds is 5. The van der Waals surface area contributed by atoms with Crippen LogP contribution in [0.4, 0.5) is 0 Å². The van der Waals surface area contributed by atoms with Gasteiger partial charge in [0.05, 0.1) is 5.92 Å². The van der Waals surface area contributed by atoms with Gasteiger partial charge in [-0.2, -0.15) is 0 Å². The van der Waals surface area contributed by atoms with Crippen LogP contribution < -0.4 is 0 Å². The van der Waals surface area contributed by atoms with Crippen LogP contribution in [-0.4, -0.2) is 15.6 Å². The molecule has 0 radical (unpaired) electrons. The number of aliphatic carboxylic acids is 1. The van der Waals surface area contributed by atoms with E-state index in [-0.39, 0.29) is 5.92 Å². The molecular formula is C18H23NO2. The summed E-state index contributed by atoms with van der Waals surface area (Å²) in [7, 11) is 0. The monoisotopic (exact) mass is 285 g/mol. The van der Waals surface area contributed by atoms with Gasteiger partial charge in [-0.1, -0.05) is 31.9 Å². The lowest BCUT2D eigenvalue weighted by Gasteiger charge is -2.12.